The van der Waals surface area contributed by atoms with E-state index in [1.165, 1.54) is 31.2 Å². The lowest BCUT2D eigenvalue weighted by Crippen LogP contribution is -2.43. The summed E-state index contributed by atoms with van der Waals surface area (Å²) in [6.07, 6.45) is 5.70. The van der Waals surface area contributed by atoms with E-state index in [0.717, 1.165) is 6.42 Å². The van der Waals surface area contributed by atoms with Crippen molar-refractivity contribution < 1.29 is 9.84 Å². The Bertz CT molecular complexity index is 355. The third kappa shape index (κ3) is 4.58. The lowest BCUT2D eigenvalue weighted by atomic mass is 9.81. The van der Waals surface area contributed by atoms with Gasteiger partial charge in [-0.1, -0.05) is 30.3 Å². The molecule has 3 heteroatoms. The van der Waals surface area contributed by atoms with Gasteiger partial charge in [-0.15, -0.1) is 0 Å². The topological polar surface area (TPSA) is 41.5 Å². The van der Waals surface area contributed by atoms with Crippen molar-refractivity contribution in [3.8, 4) is 0 Å². The van der Waals surface area contributed by atoms with E-state index in [9.17, 15) is 0 Å². The second kappa shape index (κ2) is 8.40. The van der Waals surface area contributed by atoms with Crippen molar-refractivity contribution in [2.75, 3.05) is 20.3 Å². The fourth-order valence-electron chi connectivity index (χ4n) is 3.22. The molecule has 112 valence electrons. The Morgan fingerprint density at radius 3 is 2.50 bits per heavy atom. The Morgan fingerprint density at radius 1 is 1.20 bits per heavy atom. The third-order valence-electron chi connectivity index (χ3n) is 4.31. The summed E-state index contributed by atoms with van der Waals surface area (Å²) in [5.41, 5.74) is 1.48. The molecule has 0 heterocycles. The van der Waals surface area contributed by atoms with Crippen LogP contribution >= 0.6 is 0 Å². The molecule has 1 saturated carbocycles. The molecule has 2 N–H and O–H groups in total. The van der Waals surface area contributed by atoms with Crippen molar-refractivity contribution in [1.82, 2.24) is 5.32 Å². The molecule has 20 heavy (non-hydrogen) atoms. The number of rotatable bonds is 7. The number of aliphatic hydroxyl groups is 1. The molecule has 1 unspecified atom stereocenters. The average molecular weight is 277 g/mol. The second-order valence-corrected chi connectivity index (χ2v) is 5.79. The maximum Gasteiger partial charge on any atom is 0.0616 e. The van der Waals surface area contributed by atoms with Crippen molar-refractivity contribution in [2.24, 2.45) is 0 Å². The van der Waals surface area contributed by atoms with Crippen LogP contribution in [0.2, 0.25) is 0 Å². The molecule has 0 aliphatic heterocycles. The van der Waals surface area contributed by atoms with Crippen LogP contribution in [0.1, 0.15) is 43.6 Å². The first-order valence-electron chi connectivity index (χ1n) is 7.74. The van der Waals surface area contributed by atoms with Crippen LogP contribution in [0.25, 0.3) is 0 Å². The molecule has 1 aromatic carbocycles. The van der Waals surface area contributed by atoms with Crippen LogP contribution in [-0.2, 0) is 4.74 Å². The van der Waals surface area contributed by atoms with Gasteiger partial charge in [0.15, 0.2) is 0 Å². The SMILES string of the molecule is COCC(CCO)NC1CCC(c2ccccc2)CC1. The Balaban J connectivity index is 1.79. The summed E-state index contributed by atoms with van der Waals surface area (Å²) in [5.74, 6) is 0.716. The van der Waals surface area contributed by atoms with Gasteiger partial charge >= 0.3 is 0 Å². The molecule has 1 atom stereocenters. The van der Waals surface area contributed by atoms with Crippen LogP contribution < -0.4 is 5.32 Å². The van der Waals surface area contributed by atoms with E-state index in [2.05, 4.69) is 35.6 Å². The first kappa shape index (κ1) is 15.5. The molecule has 0 radical (unpaired) electrons. The predicted molar refractivity (Wildman–Crippen MR) is 81.9 cm³/mol. The zero-order valence-corrected chi connectivity index (χ0v) is 12.4. The molecular weight excluding hydrogens is 250 g/mol. The smallest absolute Gasteiger partial charge is 0.0616 e. The number of hydrogen-bond donors (Lipinski definition) is 2. The summed E-state index contributed by atoms with van der Waals surface area (Å²) >= 11 is 0. The fourth-order valence-corrected chi connectivity index (χ4v) is 3.22. The van der Waals surface area contributed by atoms with Crippen molar-refractivity contribution >= 4 is 0 Å². The Hall–Kier alpha value is -0.900. The van der Waals surface area contributed by atoms with E-state index in [1.54, 1.807) is 7.11 Å². The van der Waals surface area contributed by atoms with Crippen molar-refractivity contribution in [3.05, 3.63) is 35.9 Å². The number of ether oxygens (including phenoxy) is 1. The number of benzene rings is 1. The van der Waals surface area contributed by atoms with E-state index in [4.69, 9.17) is 9.84 Å². The standard InChI is InChI=1S/C17H27NO2/c1-20-13-17(11-12-19)18-16-9-7-15(8-10-16)14-5-3-2-4-6-14/h2-6,15-19H,7-13H2,1H3. The molecule has 3 nitrogen and oxygen atoms in total. The summed E-state index contributed by atoms with van der Waals surface area (Å²) in [5, 5.41) is 12.7. The summed E-state index contributed by atoms with van der Waals surface area (Å²) in [6, 6.07) is 11.7. The molecule has 2 rings (SSSR count). The quantitative estimate of drug-likeness (QED) is 0.805. The molecule has 0 saturated heterocycles. The van der Waals surface area contributed by atoms with E-state index >= 15 is 0 Å². The van der Waals surface area contributed by atoms with Gasteiger partial charge in [0.1, 0.15) is 0 Å². The van der Waals surface area contributed by atoms with Crippen LogP contribution in [-0.4, -0.2) is 37.5 Å². The van der Waals surface area contributed by atoms with Crippen molar-refractivity contribution in [2.45, 2.75) is 50.1 Å². The van der Waals surface area contributed by atoms with Crippen molar-refractivity contribution in [3.63, 3.8) is 0 Å². The van der Waals surface area contributed by atoms with Gasteiger partial charge in [-0.25, -0.2) is 0 Å². The van der Waals surface area contributed by atoms with Crippen LogP contribution in [0.5, 0.6) is 0 Å². The highest BCUT2D eigenvalue weighted by Gasteiger charge is 2.23. The molecular formula is C17H27NO2. The lowest BCUT2D eigenvalue weighted by Gasteiger charge is -2.32. The van der Waals surface area contributed by atoms with E-state index in [0.29, 0.717) is 18.6 Å². The zero-order valence-electron chi connectivity index (χ0n) is 12.4. The van der Waals surface area contributed by atoms with Crippen LogP contribution in [0.3, 0.4) is 0 Å². The molecule has 0 amide bonds. The highest BCUT2D eigenvalue weighted by atomic mass is 16.5. The number of aliphatic hydroxyl groups excluding tert-OH is 1. The minimum Gasteiger partial charge on any atom is -0.396 e. The van der Waals surface area contributed by atoms with E-state index in [-0.39, 0.29) is 12.6 Å². The average Bonchev–Trinajstić information content (AvgIpc) is 2.49. The Morgan fingerprint density at radius 2 is 1.90 bits per heavy atom. The van der Waals surface area contributed by atoms with E-state index in [1.807, 2.05) is 0 Å². The van der Waals surface area contributed by atoms with Gasteiger partial charge in [0.25, 0.3) is 0 Å². The van der Waals surface area contributed by atoms with Gasteiger partial charge < -0.3 is 15.2 Å². The first-order chi connectivity index (χ1) is 9.83. The number of hydrogen-bond acceptors (Lipinski definition) is 3. The van der Waals surface area contributed by atoms with Gasteiger partial charge in [0.2, 0.25) is 0 Å². The molecule has 1 aromatic rings. The maximum absolute atomic E-state index is 9.09. The Kier molecular flexibility index (Phi) is 6.51. The Labute approximate surface area is 122 Å². The zero-order chi connectivity index (χ0) is 14.2. The van der Waals surface area contributed by atoms with Gasteiger partial charge in [0.05, 0.1) is 6.61 Å². The van der Waals surface area contributed by atoms with Gasteiger partial charge in [-0.3, -0.25) is 0 Å². The minimum absolute atomic E-state index is 0.223. The normalized spacial score (nSPS) is 24.5. The molecule has 0 aromatic heterocycles. The van der Waals surface area contributed by atoms with Gasteiger partial charge in [-0.05, 0) is 43.6 Å². The highest BCUT2D eigenvalue weighted by molar-refractivity contribution is 5.20. The number of nitrogens with one attached hydrogen (secondary N) is 1. The second-order valence-electron chi connectivity index (χ2n) is 5.79. The molecule has 1 fully saturated rings. The molecule has 0 bridgehead atoms. The highest BCUT2D eigenvalue weighted by Crippen LogP contribution is 2.32. The van der Waals surface area contributed by atoms with Gasteiger partial charge in [-0.2, -0.15) is 0 Å². The van der Waals surface area contributed by atoms with Crippen molar-refractivity contribution in [1.29, 1.82) is 0 Å². The third-order valence-corrected chi connectivity index (χ3v) is 4.31. The summed E-state index contributed by atoms with van der Waals surface area (Å²) in [6.45, 7) is 0.902. The van der Waals surface area contributed by atoms with Crippen LogP contribution in [0, 0.1) is 0 Å². The summed E-state index contributed by atoms with van der Waals surface area (Å²) in [7, 11) is 1.72. The monoisotopic (exact) mass is 277 g/mol. The van der Waals surface area contributed by atoms with E-state index < -0.39 is 0 Å². The fraction of sp³-hybridized carbons (Fsp3) is 0.647. The number of methoxy groups -OCH3 is 1. The minimum atomic E-state index is 0.223. The molecule has 1 aliphatic carbocycles. The molecule has 1 aliphatic rings. The largest absolute Gasteiger partial charge is 0.396 e. The van der Waals surface area contributed by atoms with Gasteiger partial charge in [0, 0.05) is 25.8 Å². The first-order valence-corrected chi connectivity index (χ1v) is 7.74. The van der Waals surface area contributed by atoms with Crippen LogP contribution in [0.4, 0.5) is 0 Å². The van der Waals surface area contributed by atoms with Crippen LogP contribution in [0.15, 0.2) is 30.3 Å². The lowest BCUT2D eigenvalue weighted by molar-refractivity contribution is 0.137. The summed E-state index contributed by atoms with van der Waals surface area (Å²) in [4.78, 5) is 0. The molecule has 0 spiro atoms. The maximum atomic E-state index is 9.09. The predicted octanol–water partition coefficient (Wildman–Crippen LogP) is 2.70. The summed E-state index contributed by atoms with van der Waals surface area (Å²) < 4.78 is 5.21.